The van der Waals surface area contributed by atoms with Crippen LogP contribution in [0.2, 0.25) is 0 Å². The van der Waals surface area contributed by atoms with E-state index in [-0.39, 0.29) is 15.7 Å². The summed E-state index contributed by atoms with van der Waals surface area (Å²) in [6.07, 6.45) is 1.77. The molecule has 1 aromatic heterocycles. The zero-order chi connectivity index (χ0) is 13.9. The summed E-state index contributed by atoms with van der Waals surface area (Å²) in [5.74, 6) is 0.103. The number of sulfone groups is 1. The second-order valence-corrected chi connectivity index (χ2v) is 5.46. The fourth-order valence-electron chi connectivity index (χ4n) is 1.42. The molecule has 19 heavy (non-hydrogen) atoms. The first-order valence-electron chi connectivity index (χ1n) is 5.22. The topological polar surface area (TPSA) is 90.4 Å². The van der Waals surface area contributed by atoms with E-state index in [2.05, 4.69) is 0 Å². The molecule has 1 heterocycles. The van der Waals surface area contributed by atoms with Gasteiger partial charge in [0.1, 0.15) is 5.76 Å². The van der Waals surface area contributed by atoms with E-state index in [0.29, 0.717) is 6.20 Å². The average molecular weight is 279 g/mol. The number of rotatable bonds is 4. The fraction of sp³-hybridized carbons (Fsp3) is 0. The Kier molecular flexibility index (Phi) is 3.48. The zero-order valence-electron chi connectivity index (χ0n) is 9.59. The second-order valence-electron chi connectivity index (χ2n) is 3.57. The van der Waals surface area contributed by atoms with Gasteiger partial charge in [-0.2, -0.15) is 0 Å². The Morgan fingerprint density at radius 3 is 2.42 bits per heavy atom. The molecule has 0 aliphatic carbocycles. The minimum atomic E-state index is -3.73. The molecule has 0 aliphatic rings. The van der Waals surface area contributed by atoms with Gasteiger partial charge in [-0.25, -0.2) is 8.42 Å². The summed E-state index contributed by atoms with van der Waals surface area (Å²) >= 11 is 0. The lowest BCUT2D eigenvalue weighted by Crippen LogP contribution is -1.99. The third-order valence-electron chi connectivity index (χ3n) is 2.28. The summed E-state index contributed by atoms with van der Waals surface area (Å²) in [6.45, 7) is 0. The molecule has 6 nitrogen and oxygen atoms in total. The first kappa shape index (κ1) is 13.0. The zero-order valence-corrected chi connectivity index (χ0v) is 10.4. The highest BCUT2D eigenvalue weighted by molar-refractivity contribution is 7.91. The molecule has 0 radical (unpaired) electrons. The number of furan rings is 1. The first-order valence-corrected chi connectivity index (χ1v) is 6.70. The molecule has 0 saturated carbocycles. The highest BCUT2D eigenvalue weighted by Gasteiger charge is 2.21. The van der Waals surface area contributed by atoms with Gasteiger partial charge in [-0.3, -0.25) is 10.1 Å². The van der Waals surface area contributed by atoms with Crippen molar-refractivity contribution in [3.63, 3.8) is 0 Å². The van der Waals surface area contributed by atoms with Crippen molar-refractivity contribution in [1.29, 1.82) is 0 Å². The van der Waals surface area contributed by atoms with E-state index in [4.69, 9.17) is 4.42 Å². The van der Waals surface area contributed by atoms with Crippen molar-refractivity contribution < 1.29 is 17.8 Å². The maximum Gasteiger partial charge on any atom is 0.239 e. The summed E-state index contributed by atoms with van der Waals surface area (Å²) in [7, 11) is -3.73. The fourth-order valence-corrected chi connectivity index (χ4v) is 2.62. The largest absolute Gasteiger partial charge is 0.445 e. The molecule has 7 heteroatoms. The van der Waals surface area contributed by atoms with Gasteiger partial charge >= 0.3 is 0 Å². The smallest absolute Gasteiger partial charge is 0.239 e. The van der Waals surface area contributed by atoms with Gasteiger partial charge in [0.05, 0.1) is 15.9 Å². The van der Waals surface area contributed by atoms with Crippen molar-refractivity contribution >= 4 is 15.9 Å². The first-order chi connectivity index (χ1) is 9.00. The number of benzene rings is 1. The van der Waals surface area contributed by atoms with Crippen LogP contribution in [0.5, 0.6) is 0 Å². The van der Waals surface area contributed by atoms with Crippen molar-refractivity contribution in [1.82, 2.24) is 0 Å². The van der Waals surface area contributed by atoms with Crippen LogP contribution in [0.4, 0.5) is 0 Å². The van der Waals surface area contributed by atoms with Gasteiger partial charge in [0.25, 0.3) is 0 Å². The van der Waals surface area contributed by atoms with Crippen LogP contribution >= 0.6 is 0 Å². The molecule has 98 valence electrons. The molecule has 0 bridgehead atoms. The second kappa shape index (κ2) is 5.07. The molecule has 0 N–H and O–H groups in total. The molecule has 0 atom stereocenters. The van der Waals surface area contributed by atoms with Crippen LogP contribution in [-0.4, -0.2) is 13.3 Å². The van der Waals surface area contributed by atoms with E-state index in [1.807, 2.05) is 0 Å². The maximum atomic E-state index is 12.1. The van der Waals surface area contributed by atoms with E-state index in [1.54, 1.807) is 18.2 Å². The van der Waals surface area contributed by atoms with Gasteiger partial charge < -0.3 is 4.42 Å². The molecule has 1 aromatic carbocycles. The molecule has 2 rings (SSSR count). The number of nitrogens with zero attached hydrogens (tertiary/aromatic N) is 1. The molecule has 0 saturated heterocycles. The molecular formula is C12H9NO5S. The Morgan fingerprint density at radius 1 is 1.11 bits per heavy atom. The van der Waals surface area contributed by atoms with Gasteiger partial charge in [-0.15, -0.1) is 0 Å². The molecule has 0 fully saturated rings. The summed E-state index contributed by atoms with van der Waals surface area (Å²) in [6, 6.07) is 10.4. The number of nitro groups is 1. The predicted octanol–water partition coefficient (Wildman–Crippen LogP) is 2.36. The van der Waals surface area contributed by atoms with Crippen LogP contribution in [0, 0.1) is 10.1 Å². The lowest BCUT2D eigenvalue weighted by molar-refractivity contribution is -0.401. The summed E-state index contributed by atoms with van der Waals surface area (Å²) < 4.78 is 29.3. The standard InChI is InChI=1S/C12H9NO5S/c14-13(15)9-8-10-6-7-12(18-10)19(16,17)11-4-2-1-3-5-11/h1-9H/b9-8+. The quantitative estimate of drug-likeness (QED) is 0.633. The van der Waals surface area contributed by atoms with Crippen LogP contribution in [0.15, 0.2) is 63.1 Å². The monoisotopic (exact) mass is 279 g/mol. The Balaban J connectivity index is 2.35. The van der Waals surface area contributed by atoms with E-state index in [0.717, 1.165) is 6.08 Å². The van der Waals surface area contributed by atoms with Gasteiger partial charge in [0.2, 0.25) is 21.1 Å². The summed E-state index contributed by atoms with van der Waals surface area (Å²) in [5.41, 5.74) is 0. The molecular weight excluding hydrogens is 270 g/mol. The van der Waals surface area contributed by atoms with Crippen molar-refractivity contribution in [3.8, 4) is 0 Å². The van der Waals surface area contributed by atoms with E-state index in [9.17, 15) is 18.5 Å². The van der Waals surface area contributed by atoms with Crippen LogP contribution in [0.3, 0.4) is 0 Å². The normalized spacial score (nSPS) is 11.8. The average Bonchev–Trinajstić information content (AvgIpc) is 2.87. The highest BCUT2D eigenvalue weighted by Crippen LogP contribution is 2.23. The molecule has 0 unspecified atom stereocenters. The molecule has 0 aliphatic heterocycles. The van der Waals surface area contributed by atoms with Crippen molar-refractivity contribution in [2.45, 2.75) is 9.99 Å². The Bertz CT molecular complexity index is 716. The minimum Gasteiger partial charge on any atom is -0.445 e. The van der Waals surface area contributed by atoms with Gasteiger partial charge in [0.15, 0.2) is 0 Å². The predicted molar refractivity (Wildman–Crippen MR) is 66.6 cm³/mol. The maximum absolute atomic E-state index is 12.1. The summed E-state index contributed by atoms with van der Waals surface area (Å²) in [4.78, 5) is 9.60. The van der Waals surface area contributed by atoms with Gasteiger partial charge in [-0.1, -0.05) is 18.2 Å². The van der Waals surface area contributed by atoms with Crippen molar-refractivity contribution in [3.05, 3.63) is 64.5 Å². The molecule has 0 spiro atoms. The number of hydrogen-bond donors (Lipinski definition) is 0. The lowest BCUT2D eigenvalue weighted by Gasteiger charge is -1.99. The SMILES string of the molecule is O=[N+]([O-])/C=C/c1ccc(S(=O)(=O)c2ccccc2)o1. The lowest BCUT2D eigenvalue weighted by atomic mass is 10.4. The third-order valence-corrected chi connectivity index (χ3v) is 3.92. The van der Waals surface area contributed by atoms with Crippen LogP contribution in [0.25, 0.3) is 6.08 Å². The van der Waals surface area contributed by atoms with Crippen molar-refractivity contribution in [2.75, 3.05) is 0 Å². The van der Waals surface area contributed by atoms with E-state index >= 15 is 0 Å². The van der Waals surface area contributed by atoms with Crippen LogP contribution < -0.4 is 0 Å². The Hall–Kier alpha value is -2.41. The third kappa shape index (κ3) is 2.89. The van der Waals surface area contributed by atoms with E-state index in [1.165, 1.54) is 24.3 Å². The molecule has 2 aromatic rings. The minimum absolute atomic E-state index is 0.103. The van der Waals surface area contributed by atoms with E-state index < -0.39 is 14.8 Å². The number of hydrogen-bond acceptors (Lipinski definition) is 5. The van der Waals surface area contributed by atoms with Gasteiger partial charge in [-0.05, 0) is 24.3 Å². The Labute approximate surface area is 109 Å². The van der Waals surface area contributed by atoms with Crippen LogP contribution in [-0.2, 0) is 9.84 Å². The Morgan fingerprint density at radius 2 is 1.79 bits per heavy atom. The van der Waals surface area contributed by atoms with Gasteiger partial charge in [0, 0.05) is 0 Å². The molecule has 0 amide bonds. The van der Waals surface area contributed by atoms with Crippen LogP contribution in [0.1, 0.15) is 5.76 Å². The summed E-state index contributed by atoms with van der Waals surface area (Å²) in [5, 5.41) is 9.91. The van der Waals surface area contributed by atoms with Crippen molar-refractivity contribution in [2.24, 2.45) is 0 Å². The highest BCUT2D eigenvalue weighted by atomic mass is 32.2.